The van der Waals surface area contributed by atoms with E-state index in [0.717, 1.165) is 48.1 Å². The lowest BCUT2D eigenvalue weighted by atomic mass is 10.0. The summed E-state index contributed by atoms with van der Waals surface area (Å²) in [6.45, 7) is 3.27. The molecule has 0 saturated heterocycles. The van der Waals surface area contributed by atoms with Crippen molar-refractivity contribution >= 4 is 22.5 Å². The van der Waals surface area contributed by atoms with E-state index in [-0.39, 0.29) is 0 Å². The van der Waals surface area contributed by atoms with Crippen LogP contribution in [0.5, 0.6) is 0 Å². The van der Waals surface area contributed by atoms with Crippen LogP contribution >= 0.6 is 0 Å². The molecule has 0 saturated carbocycles. The van der Waals surface area contributed by atoms with Crippen LogP contribution in [0.1, 0.15) is 120 Å². The van der Waals surface area contributed by atoms with E-state index in [1.54, 1.807) is 0 Å². The van der Waals surface area contributed by atoms with Gasteiger partial charge in [-0.1, -0.05) is 103 Å². The predicted molar refractivity (Wildman–Crippen MR) is 148 cm³/mol. The number of hydrogen-bond donors (Lipinski definition) is 1. The number of fused-ring (bicyclic) bond motifs is 4. The molecule has 0 radical (unpaired) electrons. The normalized spacial score (nSPS) is 12.9. The number of para-hydroxylation sites is 2. The van der Waals surface area contributed by atoms with Crippen LogP contribution < -0.4 is 5.32 Å². The Kier molecular flexibility index (Phi) is 9.87. The Hall–Kier alpha value is -2.54. The molecule has 0 fully saturated rings. The van der Waals surface area contributed by atoms with E-state index in [1.165, 1.54) is 107 Å². The van der Waals surface area contributed by atoms with Crippen LogP contribution in [0.3, 0.4) is 0 Å². The van der Waals surface area contributed by atoms with Crippen LogP contribution in [0.15, 0.2) is 24.3 Å². The van der Waals surface area contributed by atoms with Crippen molar-refractivity contribution in [2.45, 2.75) is 116 Å². The summed E-state index contributed by atoms with van der Waals surface area (Å²) in [6.07, 6.45) is 22.5. The number of aromatic nitrogens is 2. The molecule has 2 heterocycles. The molecule has 188 valence electrons. The quantitative estimate of drug-likeness (QED) is 0.212. The zero-order chi connectivity index (χ0) is 24.3. The summed E-state index contributed by atoms with van der Waals surface area (Å²) in [7, 11) is 0. The molecular weight excluding hydrogens is 428 g/mol. The van der Waals surface area contributed by atoms with Crippen molar-refractivity contribution in [3.8, 4) is 6.07 Å². The molecule has 0 aliphatic heterocycles. The first-order valence-corrected chi connectivity index (χ1v) is 14.4. The standard InChI is InChI=1S/C31H44N4/c1-2-3-4-5-6-7-8-9-10-11-12-13-14-17-23-33-30-26-20-18-19-25(26)27(24-32)31-34-28-21-15-16-22-29(28)35(30)31/h15-16,21-22,33H,2-14,17-20,23H2,1H3. The molecule has 1 N–H and O–H groups in total. The van der Waals surface area contributed by atoms with Gasteiger partial charge in [-0.15, -0.1) is 0 Å². The summed E-state index contributed by atoms with van der Waals surface area (Å²) < 4.78 is 2.21. The molecule has 1 aliphatic carbocycles. The molecule has 35 heavy (non-hydrogen) atoms. The third kappa shape index (κ3) is 6.37. The SMILES string of the molecule is CCCCCCCCCCCCCCCCNc1c2c(c(C#N)c3nc4ccccc4n13)CCC2. The topological polar surface area (TPSA) is 53.1 Å². The Morgan fingerprint density at radius 3 is 2.09 bits per heavy atom. The van der Waals surface area contributed by atoms with Crippen molar-refractivity contribution in [2.24, 2.45) is 0 Å². The molecule has 3 aromatic rings. The molecule has 2 aromatic heterocycles. The largest absolute Gasteiger partial charge is 0.371 e. The number of nitrogens with one attached hydrogen (secondary N) is 1. The minimum Gasteiger partial charge on any atom is -0.371 e. The average molecular weight is 473 g/mol. The fourth-order valence-corrected chi connectivity index (χ4v) is 5.80. The summed E-state index contributed by atoms with van der Waals surface area (Å²) in [6, 6.07) is 10.7. The number of nitriles is 1. The highest BCUT2D eigenvalue weighted by Gasteiger charge is 2.25. The molecule has 4 heteroatoms. The molecule has 0 amide bonds. The third-order valence-corrected chi connectivity index (χ3v) is 7.75. The van der Waals surface area contributed by atoms with E-state index in [1.807, 2.05) is 12.1 Å². The number of imidazole rings is 1. The van der Waals surface area contributed by atoms with Crippen molar-refractivity contribution in [3.63, 3.8) is 0 Å². The summed E-state index contributed by atoms with van der Waals surface area (Å²) >= 11 is 0. The fourth-order valence-electron chi connectivity index (χ4n) is 5.80. The molecular formula is C31H44N4. The van der Waals surface area contributed by atoms with E-state index >= 15 is 0 Å². The van der Waals surface area contributed by atoms with E-state index in [9.17, 15) is 5.26 Å². The lowest BCUT2D eigenvalue weighted by molar-refractivity contribution is 0.537. The van der Waals surface area contributed by atoms with Crippen LogP contribution in [-0.4, -0.2) is 15.9 Å². The van der Waals surface area contributed by atoms with Gasteiger partial charge in [0.25, 0.3) is 0 Å². The van der Waals surface area contributed by atoms with Crippen molar-refractivity contribution in [1.29, 1.82) is 5.26 Å². The molecule has 0 bridgehead atoms. The minimum absolute atomic E-state index is 0.774. The Balaban J connectivity index is 1.21. The highest BCUT2D eigenvalue weighted by atomic mass is 15.1. The molecule has 0 unspecified atom stereocenters. The van der Waals surface area contributed by atoms with Gasteiger partial charge in [-0.25, -0.2) is 4.98 Å². The number of unbranched alkanes of at least 4 members (excludes halogenated alkanes) is 13. The Bertz CT molecular complexity index is 1120. The molecule has 4 rings (SSSR count). The zero-order valence-corrected chi connectivity index (χ0v) is 21.9. The van der Waals surface area contributed by atoms with Crippen LogP contribution in [0.25, 0.3) is 16.7 Å². The number of rotatable bonds is 16. The number of nitrogens with zero attached hydrogens (tertiary/aromatic N) is 3. The van der Waals surface area contributed by atoms with E-state index in [2.05, 4.69) is 34.8 Å². The smallest absolute Gasteiger partial charge is 0.157 e. The number of pyridine rings is 1. The summed E-state index contributed by atoms with van der Waals surface area (Å²) in [5, 5.41) is 13.7. The monoisotopic (exact) mass is 472 g/mol. The molecule has 1 aliphatic rings. The fraction of sp³-hybridized carbons (Fsp3) is 0.613. The summed E-state index contributed by atoms with van der Waals surface area (Å²) in [5.41, 5.74) is 6.21. The van der Waals surface area contributed by atoms with Gasteiger partial charge >= 0.3 is 0 Å². The Morgan fingerprint density at radius 2 is 1.43 bits per heavy atom. The first-order chi connectivity index (χ1) is 17.3. The van der Waals surface area contributed by atoms with Gasteiger partial charge in [0.2, 0.25) is 0 Å². The van der Waals surface area contributed by atoms with Gasteiger partial charge in [-0.3, -0.25) is 4.40 Å². The molecule has 1 aromatic carbocycles. The number of benzene rings is 1. The first kappa shape index (κ1) is 25.5. The maximum absolute atomic E-state index is 9.91. The molecule has 0 atom stereocenters. The predicted octanol–water partition coefficient (Wildman–Crippen LogP) is 8.74. The first-order valence-electron chi connectivity index (χ1n) is 14.4. The van der Waals surface area contributed by atoms with Gasteiger partial charge in [0.05, 0.1) is 16.6 Å². The van der Waals surface area contributed by atoms with Gasteiger partial charge < -0.3 is 5.32 Å². The summed E-state index contributed by atoms with van der Waals surface area (Å²) in [4.78, 5) is 4.85. The highest BCUT2D eigenvalue weighted by Crippen LogP contribution is 2.36. The van der Waals surface area contributed by atoms with E-state index in [0.29, 0.717) is 0 Å². The number of anilines is 1. The van der Waals surface area contributed by atoms with Crippen molar-refractivity contribution in [1.82, 2.24) is 9.38 Å². The average Bonchev–Trinajstić information content (AvgIpc) is 3.51. The Morgan fingerprint density at radius 1 is 0.829 bits per heavy atom. The second kappa shape index (κ2) is 13.5. The summed E-state index contributed by atoms with van der Waals surface area (Å²) in [5.74, 6) is 1.18. The Labute approximate surface area is 212 Å². The second-order valence-electron chi connectivity index (χ2n) is 10.4. The zero-order valence-electron chi connectivity index (χ0n) is 21.9. The maximum atomic E-state index is 9.91. The lowest BCUT2D eigenvalue weighted by Gasteiger charge is -2.16. The third-order valence-electron chi connectivity index (χ3n) is 7.75. The van der Waals surface area contributed by atoms with Crippen LogP contribution in [0.2, 0.25) is 0 Å². The van der Waals surface area contributed by atoms with Gasteiger partial charge in [0.15, 0.2) is 5.65 Å². The maximum Gasteiger partial charge on any atom is 0.157 e. The van der Waals surface area contributed by atoms with E-state index in [4.69, 9.17) is 4.98 Å². The van der Waals surface area contributed by atoms with Crippen LogP contribution in [0.4, 0.5) is 5.82 Å². The van der Waals surface area contributed by atoms with Crippen molar-refractivity contribution in [2.75, 3.05) is 11.9 Å². The highest BCUT2D eigenvalue weighted by molar-refractivity contribution is 5.86. The van der Waals surface area contributed by atoms with Gasteiger partial charge in [0.1, 0.15) is 11.9 Å². The lowest BCUT2D eigenvalue weighted by Crippen LogP contribution is -2.11. The van der Waals surface area contributed by atoms with Crippen molar-refractivity contribution in [3.05, 3.63) is 41.0 Å². The molecule has 0 spiro atoms. The minimum atomic E-state index is 0.774. The van der Waals surface area contributed by atoms with Gasteiger partial charge in [0, 0.05) is 6.54 Å². The van der Waals surface area contributed by atoms with E-state index < -0.39 is 0 Å². The van der Waals surface area contributed by atoms with Crippen LogP contribution in [-0.2, 0) is 12.8 Å². The second-order valence-corrected chi connectivity index (χ2v) is 10.4. The number of hydrogen-bond acceptors (Lipinski definition) is 3. The van der Waals surface area contributed by atoms with Crippen molar-refractivity contribution < 1.29 is 0 Å². The van der Waals surface area contributed by atoms with Gasteiger partial charge in [-0.05, 0) is 48.9 Å². The molecule has 4 nitrogen and oxygen atoms in total. The van der Waals surface area contributed by atoms with Crippen LogP contribution in [0, 0.1) is 11.3 Å². The van der Waals surface area contributed by atoms with Gasteiger partial charge in [-0.2, -0.15) is 5.26 Å².